The van der Waals surface area contributed by atoms with Crippen LogP contribution in [0.3, 0.4) is 0 Å². The topological polar surface area (TPSA) is 82.5 Å². The summed E-state index contributed by atoms with van der Waals surface area (Å²) in [6.45, 7) is 3.26. The molecule has 2 amide bonds. The summed E-state index contributed by atoms with van der Waals surface area (Å²) in [5, 5.41) is 13.7. The molecule has 0 bridgehead atoms. The number of halogens is 1. The van der Waals surface area contributed by atoms with E-state index in [9.17, 15) is 14.7 Å². The Morgan fingerprint density at radius 3 is 2.83 bits per heavy atom. The fraction of sp³-hybridized carbons (Fsp3) is 0.696. The van der Waals surface area contributed by atoms with E-state index in [4.69, 9.17) is 0 Å². The van der Waals surface area contributed by atoms with Crippen molar-refractivity contribution in [2.45, 2.75) is 83.4 Å². The lowest BCUT2D eigenvalue weighted by Crippen LogP contribution is -2.50. The van der Waals surface area contributed by atoms with Crippen molar-refractivity contribution in [3.05, 3.63) is 28.5 Å². The molecule has 1 aliphatic heterocycles. The Labute approximate surface area is 188 Å². The van der Waals surface area contributed by atoms with Crippen LogP contribution in [-0.2, 0) is 16.1 Å². The number of rotatable bonds is 10. The Bertz CT molecular complexity index is 725. The van der Waals surface area contributed by atoms with Gasteiger partial charge in [0.1, 0.15) is 6.04 Å². The fourth-order valence-corrected chi connectivity index (χ4v) is 4.62. The maximum absolute atomic E-state index is 13.2. The Balaban J connectivity index is 1.64. The number of unbranched alkanes of at least 4 members (excludes halogenated alkanes) is 1. The normalized spacial score (nSPS) is 21.8. The van der Waals surface area contributed by atoms with Gasteiger partial charge in [0.15, 0.2) is 0 Å². The second-order valence-corrected chi connectivity index (χ2v) is 9.74. The molecule has 0 aromatic carbocycles. The number of carbonyl (C=O) groups excluding carboxylic acids is 2. The van der Waals surface area contributed by atoms with Crippen molar-refractivity contribution in [3.8, 4) is 0 Å². The van der Waals surface area contributed by atoms with Crippen LogP contribution in [0.15, 0.2) is 22.9 Å². The molecule has 2 N–H and O–H groups in total. The van der Waals surface area contributed by atoms with E-state index in [0.29, 0.717) is 31.8 Å². The van der Waals surface area contributed by atoms with Crippen molar-refractivity contribution in [3.63, 3.8) is 0 Å². The smallest absolute Gasteiger partial charge is 0.245 e. The summed E-state index contributed by atoms with van der Waals surface area (Å²) in [7, 11) is 0. The highest BCUT2D eigenvalue weighted by Crippen LogP contribution is 2.37. The van der Waals surface area contributed by atoms with Gasteiger partial charge in [0, 0.05) is 30.0 Å². The highest BCUT2D eigenvalue weighted by atomic mass is 79.9. The predicted molar refractivity (Wildman–Crippen MR) is 119 cm³/mol. The molecule has 1 aromatic rings. The van der Waals surface area contributed by atoms with Crippen LogP contribution in [0.1, 0.15) is 70.3 Å². The Morgan fingerprint density at radius 1 is 1.33 bits per heavy atom. The van der Waals surface area contributed by atoms with Crippen LogP contribution in [0.4, 0.5) is 0 Å². The summed E-state index contributed by atoms with van der Waals surface area (Å²) in [6, 6.07) is 1.45. The van der Waals surface area contributed by atoms with Crippen molar-refractivity contribution in [1.29, 1.82) is 0 Å². The van der Waals surface area contributed by atoms with Gasteiger partial charge in [-0.2, -0.15) is 0 Å². The number of pyridine rings is 1. The first kappa shape index (κ1) is 23.2. The van der Waals surface area contributed by atoms with Crippen molar-refractivity contribution in [2.75, 3.05) is 6.54 Å². The second kappa shape index (κ2) is 11.2. The lowest BCUT2D eigenvalue weighted by molar-refractivity contribution is -0.139. The number of hydrogen-bond acceptors (Lipinski definition) is 4. The van der Waals surface area contributed by atoms with Gasteiger partial charge in [-0.15, -0.1) is 0 Å². The standard InChI is InChI=1S/C23H34BrN3O3/c1-2-3-7-21(28)19(12-16-8-9-16)22(29)26-20-6-4-5-10-27(23(20)30)15-17-11-18(24)14-25-13-17/h11,13-14,16,19-21,28H,2-10,12,15H2,1H3,(H,26,29)/t19-,20?,21+/m1/s1. The summed E-state index contributed by atoms with van der Waals surface area (Å²) in [6.07, 6.45) is 10.9. The number of aromatic nitrogens is 1. The molecule has 2 fully saturated rings. The van der Waals surface area contributed by atoms with Crippen molar-refractivity contribution >= 4 is 27.7 Å². The first-order chi connectivity index (χ1) is 14.5. The van der Waals surface area contributed by atoms with Gasteiger partial charge in [-0.05, 0) is 65.6 Å². The lowest BCUT2D eigenvalue weighted by atomic mass is 9.91. The SMILES string of the molecule is CCCC[C@H](O)[C@@H](CC1CC1)C(=O)NC1CCCCN(Cc2cncc(Br)c2)C1=O. The Hall–Kier alpha value is -1.47. The van der Waals surface area contributed by atoms with Crippen molar-refractivity contribution < 1.29 is 14.7 Å². The van der Waals surface area contributed by atoms with Crippen LogP contribution in [0.2, 0.25) is 0 Å². The quantitative estimate of drug-likeness (QED) is 0.534. The molecule has 3 rings (SSSR count). The zero-order valence-electron chi connectivity index (χ0n) is 17.9. The van der Waals surface area contributed by atoms with Gasteiger partial charge in [0.2, 0.25) is 11.8 Å². The van der Waals surface area contributed by atoms with E-state index in [2.05, 4.69) is 33.2 Å². The maximum Gasteiger partial charge on any atom is 0.245 e. The lowest BCUT2D eigenvalue weighted by Gasteiger charge is -2.28. The van der Waals surface area contributed by atoms with E-state index in [-0.39, 0.29) is 11.8 Å². The predicted octanol–water partition coefficient (Wildman–Crippen LogP) is 3.81. The fourth-order valence-electron chi connectivity index (χ4n) is 4.20. The third-order valence-electron chi connectivity index (χ3n) is 6.17. The number of amides is 2. The van der Waals surface area contributed by atoms with Crippen LogP contribution in [0, 0.1) is 11.8 Å². The van der Waals surface area contributed by atoms with E-state index in [1.165, 1.54) is 0 Å². The van der Waals surface area contributed by atoms with Crippen LogP contribution < -0.4 is 5.32 Å². The third kappa shape index (κ3) is 6.77. The van der Waals surface area contributed by atoms with Gasteiger partial charge in [0.25, 0.3) is 0 Å². The van der Waals surface area contributed by atoms with E-state index in [0.717, 1.165) is 55.0 Å². The number of carbonyl (C=O) groups is 2. The van der Waals surface area contributed by atoms with Gasteiger partial charge < -0.3 is 15.3 Å². The zero-order chi connectivity index (χ0) is 21.5. The van der Waals surface area contributed by atoms with Crippen LogP contribution >= 0.6 is 15.9 Å². The summed E-state index contributed by atoms with van der Waals surface area (Å²) in [5.74, 6) is -0.0610. The molecule has 2 aliphatic rings. The molecule has 1 aromatic heterocycles. The molecule has 0 spiro atoms. The summed E-state index contributed by atoms with van der Waals surface area (Å²) < 4.78 is 0.885. The number of nitrogens with one attached hydrogen (secondary N) is 1. The first-order valence-corrected chi connectivity index (χ1v) is 12.1. The molecular formula is C23H34BrN3O3. The molecule has 7 heteroatoms. The molecule has 30 heavy (non-hydrogen) atoms. The highest BCUT2D eigenvalue weighted by molar-refractivity contribution is 9.10. The molecule has 2 heterocycles. The molecule has 166 valence electrons. The van der Waals surface area contributed by atoms with Gasteiger partial charge in [-0.3, -0.25) is 14.6 Å². The zero-order valence-corrected chi connectivity index (χ0v) is 19.4. The largest absolute Gasteiger partial charge is 0.392 e. The number of likely N-dealkylation sites (tertiary alicyclic amines) is 1. The van der Waals surface area contributed by atoms with Gasteiger partial charge in [-0.1, -0.05) is 32.6 Å². The molecule has 1 unspecified atom stereocenters. The minimum atomic E-state index is -0.629. The highest BCUT2D eigenvalue weighted by Gasteiger charge is 2.36. The number of hydrogen-bond donors (Lipinski definition) is 2. The maximum atomic E-state index is 13.2. The van der Waals surface area contributed by atoms with Gasteiger partial charge in [0.05, 0.1) is 12.0 Å². The first-order valence-electron chi connectivity index (χ1n) is 11.3. The average Bonchev–Trinajstić information content (AvgIpc) is 3.55. The minimum Gasteiger partial charge on any atom is -0.392 e. The van der Waals surface area contributed by atoms with E-state index >= 15 is 0 Å². The number of nitrogens with zero attached hydrogens (tertiary/aromatic N) is 2. The van der Waals surface area contributed by atoms with Crippen molar-refractivity contribution in [1.82, 2.24) is 15.2 Å². The summed E-state index contributed by atoms with van der Waals surface area (Å²) >= 11 is 3.43. The number of aliphatic hydroxyl groups excluding tert-OH is 1. The van der Waals surface area contributed by atoms with E-state index in [1.54, 1.807) is 12.4 Å². The van der Waals surface area contributed by atoms with Gasteiger partial charge in [-0.25, -0.2) is 0 Å². The Kier molecular flexibility index (Phi) is 8.69. The minimum absolute atomic E-state index is 0.0333. The van der Waals surface area contributed by atoms with Crippen LogP contribution in [0.5, 0.6) is 0 Å². The second-order valence-electron chi connectivity index (χ2n) is 8.82. The number of aliphatic hydroxyl groups is 1. The average molecular weight is 480 g/mol. The van der Waals surface area contributed by atoms with E-state index < -0.39 is 18.1 Å². The molecule has 1 aliphatic carbocycles. The van der Waals surface area contributed by atoms with Crippen LogP contribution in [0.25, 0.3) is 0 Å². The molecule has 3 atom stereocenters. The van der Waals surface area contributed by atoms with Crippen LogP contribution in [-0.4, -0.2) is 45.5 Å². The summed E-state index contributed by atoms with van der Waals surface area (Å²) in [4.78, 5) is 32.3. The molecule has 6 nitrogen and oxygen atoms in total. The monoisotopic (exact) mass is 479 g/mol. The molecular weight excluding hydrogens is 446 g/mol. The van der Waals surface area contributed by atoms with E-state index in [1.807, 2.05) is 11.0 Å². The summed E-state index contributed by atoms with van der Waals surface area (Å²) in [5.41, 5.74) is 0.964. The molecule has 1 saturated carbocycles. The van der Waals surface area contributed by atoms with Crippen molar-refractivity contribution in [2.24, 2.45) is 11.8 Å². The van der Waals surface area contributed by atoms with Gasteiger partial charge >= 0.3 is 0 Å². The Morgan fingerprint density at radius 2 is 2.13 bits per heavy atom. The molecule has 0 radical (unpaired) electrons. The third-order valence-corrected chi connectivity index (χ3v) is 6.60. The molecule has 1 saturated heterocycles.